The summed E-state index contributed by atoms with van der Waals surface area (Å²) in [6.45, 7) is 2.51. The van der Waals surface area contributed by atoms with Gasteiger partial charge in [-0.3, -0.25) is 0 Å². The van der Waals surface area contributed by atoms with Crippen LogP contribution >= 0.6 is 0 Å². The fourth-order valence-electron chi connectivity index (χ4n) is 2.73. The third kappa shape index (κ3) is 2.98. The number of ether oxygens (including phenoxy) is 2. The standard InChI is InChI=1S/C15H20N2O3/c1-10-2-4-11(5-3-10)16-15(18)17-12-6-7-13-14(8-12)20-9-19-13/h6-8,10-11H,2-5,9H2,1H3,(H2,16,17,18). The zero-order valence-electron chi connectivity index (χ0n) is 11.6. The zero-order valence-corrected chi connectivity index (χ0v) is 11.6. The fourth-order valence-corrected chi connectivity index (χ4v) is 2.73. The highest BCUT2D eigenvalue weighted by atomic mass is 16.7. The van der Waals surface area contributed by atoms with Crippen LogP contribution in [0.3, 0.4) is 0 Å². The second-order valence-electron chi connectivity index (χ2n) is 5.62. The fraction of sp³-hybridized carbons (Fsp3) is 0.533. The molecule has 1 fully saturated rings. The van der Waals surface area contributed by atoms with Crippen LogP contribution in [-0.4, -0.2) is 18.9 Å². The maximum absolute atomic E-state index is 12.0. The van der Waals surface area contributed by atoms with Gasteiger partial charge in [-0.1, -0.05) is 6.92 Å². The molecule has 0 atom stereocenters. The number of benzene rings is 1. The van der Waals surface area contributed by atoms with Crippen LogP contribution in [0.5, 0.6) is 11.5 Å². The molecular formula is C15H20N2O3. The molecule has 2 N–H and O–H groups in total. The number of hydrogen-bond acceptors (Lipinski definition) is 3. The van der Waals surface area contributed by atoms with Crippen LogP contribution < -0.4 is 20.1 Å². The Morgan fingerprint density at radius 2 is 1.90 bits per heavy atom. The van der Waals surface area contributed by atoms with Crippen LogP contribution in [-0.2, 0) is 0 Å². The van der Waals surface area contributed by atoms with Gasteiger partial charge in [-0.25, -0.2) is 4.79 Å². The Bertz CT molecular complexity index is 496. The molecule has 0 saturated heterocycles. The van der Waals surface area contributed by atoms with E-state index in [4.69, 9.17) is 9.47 Å². The summed E-state index contributed by atoms with van der Waals surface area (Å²) in [4.78, 5) is 12.0. The Morgan fingerprint density at radius 1 is 1.15 bits per heavy atom. The molecule has 1 aromatic rings. The molecular weight excluding hydrogens is 256 g/mol. The largest absolute Gasteiger partial charge is 0.454 e. The molecule has 0 bridgehead atoms. The highest BCUT2D eigenvalue weighted by Crippen LogP contribution is 2.34. The number of amides is 2. The van der Waals surface area contributed by atoms with E-state index in [2.05, 4.69) is 17.6 Å². The molecule has 1 heterocycles. The lowest BCUT2D eigenvalue weighted by Gasteiger charge is -2.26. The summed E-state index contributed by atoms with van der Waals surface area (Å²) in [7, 11) is 0. The summed E-state index contributed by atoms with van der Waals surface area (Å²) in [5, 5.41) is 5.88. The number of anilines is 1. The second kappa shape index (κ2) is 5.61. The molecule has 1 aromatic carbocycles. The van der Waals surface area contributed by atoms with E-state index in [0.29, 0.717) is 11.8 Å². The smallest absolute Gasteiger partial charge is 0.319 e. The first-order chi connectivity index (χ1) is 9.70. The number of carbonyl (C=O) groups excluding carboxylic acids is 1. The molecule has 2 amide bonds. The Labute approximate surface area is 118 Å². The van der Waals surface area contributed by atoms with E-state index in [-0.39, 0.29) is 12.8 Å². The third-order valence-corrected chi connectivity index (χ3v) is 3.98. The Morgan fingerprint density at radius 3 is 2.70 bits per heavy atom. The number of rotatable bonds is 2. The van der Waals surface area contributed by atoms with E-state index in [1.54, 1.807) is 12.1 Å². The first-order valence-corrected chi connectivity index (χ1v) is 7.18. The lowest BCUT2D eigenvalue weighted by atomic mass is 9.87. The van der Waals surface area contributed by atoms with Gasteiger partial charge < -0.3 is 20.1 Å². The molecule has 0 unspecified atom stereocenters. The molecule has 0 radical (unpaired) electrons. The van der Waals surface area contributed by atoms with Gasteiger partial charge in [0, 0.05) is 17.8 Å². The van der Waals surface area contributed by atoms with Crippen LogP contribution in [0.4, 0.5) is 10.5 Å². The minimum absolute atomic E-state index is 0.150. The normalized spacial score (nSPS) is 24.2. The molecule has 5 heteroatoms. The van der Waals surface area contributed by atoms with E-state index in [1.807, 2.05) is 6.07 Å². The molecule has 1 aliphatic carbocycles. The Hall–Kier alpha value is -1.91. The molecule has 3 rings (SSSR count). The monoisotopic (exact) mass is 276 g/mol. The van der Waals surface area contributed by atoms with Crippen LogP contribution in [0.15, 0.2) is 18.2 Å². The molecule has 0 aromatic heterocycles. The minimum atomic E-state index is -0.150. The zero-order chi connectivity index (χ0) is 13.9. The molecule has 0 spiro atoms. The van der Waals surface area contributed by atoms with Crippen molar-refractivity contribution in [2.45, 2.75) is 38.6 Å². The van der Waals surface area contributed by atoms with Gasteiger partial charge in [0.05, 0.1) is 0 Å². The van der Waals surface area contributed by atoms with E-state index in [0.717, 1.165) is 30.2 Å². The number of urea groups is 1. The SMILES string of the molecule is CC1CCC(NC(=O)Nc2ccc3c(c2)OCO3)CC1. The second-order valence-corrected chi connectivity index (χ2v) is 5.62. The van der Waals surface area contributed by atoms with Gasteiger partial charge in [0.1, 0.15) is 0 Å². The maximum Gasteiger partial charge on any atom is 0.319 e. The minimum Gasteiger partial charge on any atom is -0.454 e. The molecule has 20 heavy (non-hydrogen) atoms. The van der Waals surface area contributed by atoms with Crippen molar-refractivity contribution in [2.24, 2.45) is 5.92 Å². The number of hydrogen-bond donors (Lipinski definition) is 2. The molecule has 1 aliphatic heterocycles. The van der Waals surface area contributed by atoms with Gasteiger partial charge in [-0.2, -0.15) is 0 Å². The molecule has 108 valence electrons. The van der Waals surface area contributed by atoms with Crippen molar-refractivity contribution in [3.8, 4) is 11.5 Å². The quantitative estimate of drug-likeness (QED) is 0.872. The summed E-state index contributed by atoms with van der Waals surface area (Å²) in [5.41, 5.74) is 0.718. The lowest BCUT2D eigenvalue weighted by molar-refractivity contribution is 0.174. The summed E-state index contributed by atoms with van der Waals surface area (Å²) < 4.78 is 10.5. The van der Waals surface area contributed by atoms with Crippen molar-refractivity contribution in [1.82, 2.24) is 5.32 Å². The van der Waals surface area contributed by atoms with Crippen LogP contribution in [0, 0.1) is 5.92 Å². The van der Waals surface area contributed by atoms with E-state index >= 15 is 0 Å². The first-order valence-electron chi connectivity index (χ1n) is 7.18. The van der Waals surface area contributed by atoms with Gasteiger partial charge >= 0.3 is 6.03 Å². The lowest BCUT2D eigenvalue weighted by Crippen LogP contribution is -2.39. The van der Waals surface area contributed by atoms with Gasteiger partial charge in [0.25, 0.3) is 0 Å². The highest BCUT2D eigenvalue weighted by molar-refractivity contribution is 5.89. The highest BCUT2D eigenvalue weighted by Gasteiger charge is 2.20. The van der Waals surface area contributed by atoms with Gasteiger partial charge in [0.2, 0.25) is 6.79 Å². The van der Waals surface area contributed by atoms with Crippen molar-refractivity contribution in [2.75, 3.05) is 12.1 Å². The number of nitrogens with one attached hydrogen (secondary N) is 2. The van der Waals surface area contributed by atoms with Crippen LogP contribution in [0.25, 0.3) is 0 Å². The molecule has 2 aliphatic rings. The summed E-state index contributed by atoms with van der Waals surface area (Å²) in [5.74, 6) is 2.18. The van der Waals surface area contributed by atoms with E-state index in [1.165, 1.54) is 12.8 Å². The predicted molar refractivity (Wildman–Crippen MR) is 76.1 cm³/mol. The average molecular weight is 276 g/mol. The first kappa shape index (κ1) is 13.1. The van der Waals surface area contributed by atoms with Crippen molar-refractivity contribution in [1.29, 1.82) is 0 Å². The van der Waals surface area contributed by atoms with Crippen molar-refractivity contribution < 1.29 is 14.3 Å². The third-order valence-electron chi connectivity index (χ3n) is 3.98. The van der Waals surface area contributed by atoms with Crippen molar-refractivity contribution in [3.05, 3.63) is 18.2 Å². The predicted octanol–water partition coefficient (Wildman–Crippen LogP) is 3.12. The van der Waals surface area contributed by atoms with Gasteiger partial charge in [0.15, 0.2) is 11.5 Å². The Balaban J connectivity index is 1.54. The summed E-state index contributed by atoms with van der Waals surface area (Å²) >= 11 is 0. The van der Waals surface area contributed by atoms with E-state index < -0.39 is 0 Å². The number of carbonyl (C=O) groups is 1. The Kier molecular flexibility index (Phi) is 3.67. The van der Waals surface area contributed by atoms with Gasteiger partial charge in [-0.15, -0.1) is 0 Å². The van der Waals surface area contributed by atoms with Crippen molar-refractivity contribution >= 4 is 11.7 Å². The molecule has 5 nitrogen and oxygen atoms in total. The van der Waals surface area contributed by atoms with Gasteiger partial charge in [-0.05, 0) is 43.7 Å². The van der Waals surface area contributed by atoms with Crippen LogP contribution in [0.2, 0.25) is 0 Å². The average Bonchev–Trinajstić information content (AvgIpc) is 2.89. The summed E-state index contributed by atoms with van der Waals surface area (Å²) in [6.07, 6.45) is 4.51. The van der Waals surface area contributed by atoms with Crippen LogP contribution in [0.1, 0.15) is 32.6 Å². The molecule has 1 saturated carbocycles. The maximum atomic E-state index is 12.0. The number of fused-ring (bicyclic) bond motifs is 1. The topological polar surface area (TPSA) is 59.6 Å². The van der Waals surface area contributed by atoms with Crippen molar-refractivity contribution in [3.63, 3.8) is 0 Å². The summed E-state index contributed by atoms with van der Waals surface area (Å²) in [6, 6.07) is 5.55. The van der Waals surface area contributed by atoms with E-state index in [9.17, 15) is 4.79 Å².